The second-order valence-electron chi connectivity index (χ2n) is 16.8. The van der Waals surface area contributed by atoms with Gasteiger partial charge in [-0.3, -0.25) is 0 Å². The molecule has 2 nitrogen and oxygen atoms in total. The molecule has 11 rings (SSSR count). The van der Waals surface area contributed by atoms with E-state index < -0.39 is 0 Å². The zero-order chi connectivity index (χ0) is 39.3. The van der Waals surface area contributed by atoms with Crippen LogP contribution in [0.3, 0.4) is 0 Å². The number of para-hydroxylation sites is 1. The van der Waals surface area contributed by atoms with Gasteiger partial charge in [-0.05, 0) is 142 Å². The highest BCUT2D eigenvalue weighted by Crippen LogP contribution is 2.47. The summed E-state index contributed by atoms with van der Waals surface area (Å²) in [5.41, 5.74) is 20.1. The fourth-order valence-corrected chi connectivity index (χ4v) is 10.2. The highest BCUT2D eigenvalue weighted by atomic mass is 15.0. The predicted molar refractivity (Wildman–Crippen MR) is 249 cm³/mol. The molecule has 0 bridgehead atoms. The monoisotopic (exact) mass is 760 g/mol. The first-order valence-corrected chi connectivity index (χ1v) is 21.5. The lowest BCUT2D eigenvalue weighted by Gasteiger charge is -2.36. The summed E-state index contributed by atoms with van der Waals surface area (Å²) < 4.78 is 2.51. The second kappa shape index (κ2) is 14.9. The molecule has 0 spiro atoms. The number of nitrogens with zero attached hydrogens (tertiary/aromatic N) is 1. The number of rotatable bonds is 7. The summed E-state index contributed by atoms with van der Waals surface area (Å²) in [6.07, 6.45) is 21.7. The summed E-state index contributed by atoms with van der Waals surface area (Å²) in [5, 5.41) is 6.61. The number of hydrogen-bond donors (Lipinski definition) is 1. The van der Waals surface area contributed by atoms with E-state index in [1.165, 1.54) is 94.4 Å². The van der Waals surface area contributed by atoms with E-state index in [2.05, 4.69) is 205 Å². The molecule has 1 aliphatic heterocycles. The standard InChI is InChI=1S/C57H48N2/c1-38(54-36-46(40-17-7-3-8-18-40)37-55(58-54)42-19-9-4-10-20-42)51-35-45-26-25-43(33-52(45)49-22-12-11-21-48(49)51)44-29-32-57-53(34-44)50-23-13-14-24-56(50)59(57)47-30-27-41(28-31-47)39-15-5-2-6-16-39/h2-5,7-15,17-27,29-30,32-34,36-38,51,55,58H,6,16,28,31,35H2,1H3/t38-,51?,55?/m1/s1. The van der Waals surface area contributed by atoms with Crippen LogP contribution in [0.4, 0.5) is 0 Å². The lowest BCUT2D eigenvalue weighted by molar-refractivity contribution is 0.471. The van der Waals surface area contributed by atoms with Crippen molar-refractivity contribution in [2.75, 3.05) is 0 Å². The van der Waals surface area contributed by atoms with E-state index in [0.29, 0.717) is 5.92 Å². The lowest BCUT2D eigenvalue weighted by Crippen LogP contribution is -2.30. The van der Waals surface area contributed by atoms with Gasteiger partial charge in [0.2, 0.25) is 0 Å². The second-order valence-corrected chi connectivity index (χ2v) is 16.8. The van der Waals surface area contributed by atoms with Gasteiger partial charge in [-0.1, -0.05) is 153 Å². The van der Waals surface area contributed by atoms with Gasteiger partial charge in [-0.2, -0.15) is 0 Å². The van der Waals surface area contributed by atoms with E-state index in [9.17, 15) is 0 Å². The Morgan fingerprint density at radius 1 is 0.610 bits per heavy atom. The Morgan fingerprint density at radius 2 is 1.36 bits per heavy atom. The quantitative estimate of drug-likeness (QED) is 0.171. The molecular formula is C57H48N2. The van der Waals surface area contributed by atoms with Gasteiger partial charge in [-0.25, -0.2) is 0 Å². The van der Waals surface area contributed by atoms with Crippen molar-refractivity contribution in [1.29, 1.82) is 0 Å². The summed E-state index contributed by atoms with van der Waals surface area (Å²) >= 11 is 0. The Kier molecular flexibility index (Phi) is 9.00. The topological polar surface area (TPSA) is 17.0 Å². The largest absolute Gasteiger partial charge is 0.378 e. The summed E-state index contributed by atoms with van der Waals surface area (Å²) in [4.78, 5) is 0. The van der Waals surface area contributed by atoms with Crippen molar-refractivity contribution in [3.8, 4) is 22.3 Å². The van der Waals surface area contributed by atoms with Crippen molar-refractivity contribution >= 4 is 33.1 Å². The molecule has 0 saturated carbocycles. The van der Waals surface area contributed by atoms with Crippen molar-refractivity contribution < 1.29 is 0 Å². The molecule has 4 aliphatic rings. The molecule has 3 atom stereocenters. The van der Waals surface area contributed by atoms with Crippen molar-refractivity contribution in [1.82, 2.24) is 9.88 Å². The Hall–Kier alpha value is -6.64. The van der Waals surface area contributed by atoms with Crippen molar-refractivity contribution in [2.45, 2.75) is 51.0 Å². The Balaban J connectivity index is 0.933. The predicted octanol–water partition coefficient (Wildman–Crippen LogP) is 14.6. The fraction of sp³-hybridized carbons (Fsp3) is 0.158. The maximum Gasteiger partial charge on any atom is 0.0704 e. The third-order valence-corrected chi connectivity index (χ3v) is 13.4. The van der Waals surface area contributed by atoms with Crippen LogP contribution in [0.15, 0.2) is 205 Å². The van der Waals surface area contributed by atoms with E-state index in [0.717, 1.165) is 32.1 Å². The maximum atomic E-state index is 3.99. The fourth-order valence-electron chi connectivity index (χ4n) is 10.2. The first-order chi connectivity index (χ1) is 29.2. The van der Waals surface area contributed by atoms with E-state index in [1.54, 1.807) is 0 Å². The molecule has 2 unspecified atom stereocenters. The molecule has 1 N–H and O–H groups in total. The molecule has 7 aromatic rings. The van der Waals surface area contributed by atoms with Crippen molar-refractivity contribution in [3.63, 3.8) is 0 Å². The minimum absolute atomic E-state index is 0.111. The average molecular weight is 761 g/mol. The van der Waals surface area contributed by atoms with E-state index in [4.69, 9.17) is 0 Å². The average Bonchev–Trinajstić information content (AvgIpc) is 3.65. The van der Waals surface area contributed by atoms with Gasteiger partial charge in [0, 0.05) is 28.1 Å². The molecule has 6 aromatic carbocycles. The molecule has 0 fully saturated rings. The number of dihydropyridines is 1. The smallest absolute Gasteiger partial charge is 0.0704 e. The molecule has 3 aliphatic carbocycles. The maximum absolute atomic E-state index is 3.99. The van der Waals surface area contributed by atoms with Gasteiger partial charge in [0.1, 0.15) is 0 Å². The van der Waals surface area contributed by atoms with Gasteiger partial charge in [0.05, 0.1) is 17.1 Å². The molecular weight excluding hydrogens is 713 g/mol. The number of aromatic nitrogens is 1. The van der Waals surface area contributed by atoms with E-state index in [1.807, 2.05) is 0 Å². The Morgan fingerprint density at radius 3 is 2.19 bits per heavy atom. The van der Waals surface area contributed by atoms with Crippen molar-refractivity contribution in [3.05, 3.63) is 227 Å². The first kappa shape index (κ1) is 35.5. The zero-order valence-electron chi connectivity index (χ0n) is 33.6. The highest BCUT2D eigenvalue weighted by molar-refractivity contribution is 6.11. The number of benzene rings is 6. The highest BCUT2D eigenvalue weighted by Gasteiger charge is 2.32. The lowest BCUT2D eigenvalue weighted by atomic mass is 9.71. The summed E-state index contributed by atoms with van der Waals surface area (Å²) in [5.74, 6) is 0.624. The van der Waals surface area contributed by atoms with Crippen molar-refractivity contribution in [2.24, 2.45) is 5.92 Å². The summed E-state index contributed by atoms with van der Waals surface area (Å²) in [6, 6.07) is 54.3. The number of nitrogens with one attached hydrogen (secondary N) is 1. The minimum Gasteiger partial charge on any atom is -0.378 e. The number of hydrogen-bond acceptors (Lipinski definition) is 1. The number of allylic oxidation sites excluding steroid dienone is 11. The van der Waals surface area contributed by atoms with Crippen LogP contribution in [-0.2, 0) is 6.42 Å². The molecule has 0 amide bonds. The molecule has 0 radical (unpaired) electrons. The van der Waals surface area contributed by atoms with Crippen LogP contribution in [0.25, 0.3) is 55.3 Å². The summed E-state index contributed by atoms with van der Waals surface area (Å²) in [6.45, 7) is 2.42. The van der Waals surface area contributed by atoms with Gasteiger partial charge in [0.15, 0.2) is 0 Å². The van der Waals surface area contributed by atoms with Gasteiger partial charge < -0.3 is 9.88 Å². The first-order valence-electron chi connectivity index (χ1n) is 21.5. The molecule has 59 heavy (non-hydrogen) atoms. The van der Waals surface area contributed by atoms with Crippen LogP contribution < -0.4 is 5.32 Å². The molecule has 2 heteroatoms. The Bertz CT molecular complexity index is 2950. The van der Waals surface area contributed by atoms with Crippen LogP contribution in [-0.4, -0.2) is 4.57 Å². The van der Waals surface area contributed by atoms with E-state index in [-0.39, 0.29) is 12.0 Å². The van der Waals surface area contributed by atoms with Crippen LogP contribution in [0, 0.1) is 5.92 Å². The van der Waals surface area contributed by atoms with Crippen LogP contribution in [0.1, 0.15) is 66.8 Å². The number of fused-ring (bicyclic) bond motifs is 6. The van der Waals surface area contributed by atoms with Crippen LogP contribution in [0.5, 0.6) is 0 Å². The summed E-state index contributed by atoms with van der Waals surface area (Å²) in [7, 11) is 0. The zero-order valence-corrected chi connectivity index (χ0v) is 33.6. The normalized spacial score (nSPS) is 19.1. The third-order valence-electron chi connectivity index (χ3n) is 13.4. The third kappa shape index (κ3) is 6.44. The van der Waals surface area contributed by atoms with Crippen LogP contribution in [0.2, 0.25) is 0 Å². The molecule has 2 heterocycles. The van der Waals surface area contributed by atoms with Crippen LogP contribution >= 0.6 is 0 Å². The Labute approximate surface area is 347 Å². The van der Waals surface area contributed by atoms with E-state index >= 15 is 0 Å². The minimum atomic E-state index is 0.111. The molecule has 1 aromatic heterocycles. The van der Waals surface area contributed by atoms with Gasteiger partial charge in [0.25, 0.3) is 0 Å². The molecule has 0 saturated heterocycles. The van der Waals surface area contributed by atoms with Gasteiger partial charge in [-0.15, -0.1) is 0 Å². The molecule has 286 valence electrons. The van der Waals surface area contributed by atoms with Gasteiger partial charge >= 0.3 is 0 Å². The SMILES string of the molecule is C[C@@H](C1=CC(c2ccccc2)=CC(c2ccccc2)N1)C1Cc2ccc(-c3ccc4c(c3)c3ccccc3n4C3=CC=C(C4=CC=CCC4)CC3)cc2-c2ccccc21.